The van der Waals surface area contributed by atoms with E-state index in [1.165, 1.54) is 12.1 Å². The molecule has 0 unspecified atom stereocenters. The lowest BCUT2D eigenvalue weighted by molar-refractivity contribution is -0.134. The van der Waals surface area contributed by atoms with Gasteiger partial charge in [0.25, 0.3) is 0 Å². The van der Waals surface area contributed by atoms with E-state index in [9.17, 15) is 9.90 Å². The first-order valence-corrected chi connectivity index (χ1v) is 4.56. The molecule has 1 saturated heterocycles. The smallest absolute Gasteiger partial charge is 0.334 e. The largest absolute Gasteiger partial charge is 0.504 e. The van der Waals surface area contributed by atoms with E-state index in [0.29, 0.717) is 24.2 Å². The Hall–Kier alpha value is -1.97. The van der Waals surface area contributed by atoms with Gasteiger partial charge in [0.1, 0.15) is 0 Å². The molecule has 4 heteroatoms. The molecule has 0 aromatic heterocycles. The highest BCUT2D eigenvalue weighted by Gasteiger charge is 2.18. The van der Waals surface area contributed by atoms with Crippen LogP contribution >= 0.6 is 0 Å². The van der Waals surface area contributed by atoms with Crippen molar-refractivity contribution in [2.75, 3.05) is 6.61 Å². The van der Waals surface area contributed by atoms with E-state index < -0.39 is 0 Å². The number of esters is 1. The molecule has 0 amide bonds. The van der Waals surface area contributed by atoms with Crippen LogP contribution < -0.4 is 0 Å². The zero-order valence-corrected chi connectivity index (χ0v) is 7.93. The van der Waals surface area contributed by atoms with Gasteiger partial charge in [-0.1, -0.05) is 6.07 Å². The number of cyclic esters (lactones) is 1. The molecular formula is C11H10O4. The summed E-state index contributed by atoms with van der Waals surface area (Å²) in [6.07, 6.45) is 2.23. The van der Waals surface area contributed by atoms with Crippen molar-refractivity contribution in [1.82, 2.24) is 0 Å². The molecular weight excluding hydrogens is 196 g/mol. The standard InChI is InChI=1S/C11H10O4/c12-9-2-1-7(6-10(9)13)5-8-3-4-15-11(8)14/h1-2,5-6,12-13H,3-4H2. The van der Waals surface area contributed by atoms with Gasteiger partial charge in [0, 0.05) is 12.0 Å². The number of phenols is 2. The first-order chi connectivity index (χ1) is 7.16. The lowest BCUT2D eigenvalue weighted by atomic mass is 10.1. The van der Waals surface area contributed by atoms with Crippen molar-refractivity contribution in [1.29, 1.82) is 0 Å². The van der Waals surface area contributed by atoms with Gasteiger partial charge in [-0.25, -0.2) is 4.79 Å². The maximum Gasteiger partial charge on any atom is 0.334 e. The maximum absolute atomic E-state index is 11.1. The molecule has 1 aliphatic rings. The second-order valence-corrected chi connectivity index (χ2v) is 3.30. The molecule has 0 radical (unpaired) electrons. The maximum atomic E-state index is 11.1. The monoisotopic (exact) mass is 206 g/mol. The third-order valence-electron chi connectivity index (χ3n) is 2.21. The predicted octanol–water partition coefficient (Wildman–Crippen LogP) is 1.43. The van der Waals surface area contributed by atoms with Gasteiger partial charge in [0.05, 0.1) is 6.61 Å². The van der Waals surface area contributed by atoms with E-state index in [0.717, 1.165) is 0 Å². The van der Waals surface area contributed by atoms with Gasteiger partial charge in [-0.15, -0.1) is 0 Å². The number of ether oxygens (including phenoxy) is 1. The van der Waals surface area contributed by atoms with Crippen LogP contribution in [-0.4, -0.2) is 22.8 Å². The molecule has 1 fully saturated rings. The van der Waals surface area contributed by atoms with Crippen LogP contribution in [0.4, 0.5) is 0 Å². The minimum atomic E-state index is -0.317. The summed E-state index contributed by atoms with van der Waals surface area (Å²) in [5.41, 5.74) is 1.25. The summed E-state index contributed by atoms with van der Waals surface area (Å²) in [7, 11) is 0. The summed E-state index contributed by atoms with van der Waals surface area (Å²) in [5, 5.41) is 18.3. The van der Waals surface area contributed by atoms with Crippen LogP contribution in [0.15, 0.2) is 23.8 Å². The van der Waals surface area contributed by atoms with E-state index in [-0.39, 0.29) is 17.5 Å². The lowest BCUT2D eigenvalue weighted by Gasteiger charge is -1.99. The quantitative estimate of drug-likeness (QED) is 0.414. The first kappa shape index (κ1) is 9.58. The van der Waals surface area contributed by atoms with E-state index in [1.54, 1.807) is 12.1 Å². The normalized spacial score (nSPS) is 18.1. The minimum Gasteiger partial charge on any atom is -0.504 e. The predicted molar refractivity (Wildman–Crippen MR) is 53.3 cm³/mol. The van der Waals surface area contributed by atoms with Crippen LogP contribution in [0.25, 0.3) is 6.08 Å². The highest BCUT2D eigenvalue weighted by Crippen LogP contribution is 2.27. The fourth-order valence-corrected chi connectivity index (χ4v) is 1.41. The topological polar surface area (TPSA) is 66.8 Å². The van der Waals surface area contributed by atoms with Gasteiger partial charge in [0.2, 0.25) is 0 Å². The highest BCUT2D eigenvalue weighted by atomic mass is 16.5. The molecule has 0 spiro atoms. The molecule has 15 heavy (non-hydrogen) atoms. The molecule has 1 aromatic carbocycles. The van der Waals surface area contributed by atoms with Gasteiger partial charge < -0.3 is 14.9 Å². The van der Waals surface area contributed by atoms with Gasteiger partial charge in [-0.05, 0) is 23.8 Å². The Balaban J connectivity index is 2.31. The van der Waals surface area contributed by atoms with Gasteiger partial charge in [-0.2, -0.15) is 0 Å². The second-order valence-electron chi connectivity index (χ2n) is 3.30. The number of benzene rings is 1. The van der Waals surface area contributed by atoms with Crippen molar-refractivity contribution >= 4 is 12.0 Å². The summed E-state index contributed by atoms with van der Waals surface area (Å²) in [6.45, 7) is 0.411. The first-order valence-electron chi connectivity index (χ1n) is 4.56. The van der Waals surface area contributed by atoms with Crippen molar-refractivity contribution < 1.29 is 19.7 Å². The number of phenolic OH excluding ortho intramolecular Hbond substituents is 2. The van der Waals surface area contributed by atoms with E-state index >= 15 is 0 Å². The van der Waals surface area contributed by atoms with Gasteiger partial charge >= 0.3 is 5.97 Å². The highest BCUT2D eigenvalue weighted by molar-refractivity contribution is 5.95. The van der Waals surface area contributed by atoms with Crippen molar-refractivity contribution in [3.8, 4) is 11.5 Å². The summed E-state index contributed by atoms with van der Waals surface area (Å²) >= 11 is 0. The molecule has 78 valence electrons. The summed E-state index contributed by atoms with van der Waals surface area (Å²) in [5.74, 6) is -0.690. The Morgan fingerprint density at radius 2 is 2.07 bits per heavy atom. The van der Waals surface area contributed by atoms with Gasteiger partial charge in [0.15, 0.2) is 11.5 Å². The van der Waals surface area contributed by atoms with E-state index in [2.05, 4.69) is 0 Å². The molecule has 0 saturated carbocycles. The van der Waals surface area contributed by atoms with Crippen molar-refractivity contribution in [3.63, 3.8) is 0 Å². The second kappa shape index (κ2) is 3.65. The third-order valence-corrected chi connectivity index (χ3v) is 2.21. The summed E-state index contributed by atoms with van der Waals surface area (Å²) in [4.78, 5) is 11.1. The molecule has 2 rings (SSSR count). The lowest BCUT2D eigenvalue weighted by Crippen LogP contribution is -1.94. The fraction of sp³-hybridized carbons (Fsp3) is 0.182. The van der Waals surface area contributed by atoms with Crippen LogP contribution in [0.5, 0.6) is 11.5 Å². The number of hydrogen-bond acceptors (Lipinski definition) is 4. The minimum absolute atomic E-state index is 0.175. The SMILES string of the molecule is O=C1OCCC1=Cc1ccc(O)c(O)c1. The number of rotatable bonds is 1. The number of carbonyl (C=O) groups is 1. The summed E-state index contributed by atoms with van der Waals surface area (Å²) in [6, 6.07) is 4.39. The van der Waals surface area contributed by atoms with Gasteiger partial charge in [-0.3, -0.25) is 0 Å². The van der Waals surface area contributed by atoms with E-state index in [4.69, 9.17) is 9.84 Å². The molecule has 1 heterocycles. The average molecular weight is 206 g/mol. The molecule has 0 atom stereocenters. The molecule has 4 nitrogen and oxygen atoms in total. The van der Waals surface area contributed by atoms with Crippen LogP contribution in [0.1, 0.15) is 12.0 Å². The molecule has 1 aromatic rings. The molecule has 1 aliphatic heterocycles. The Labute approximate surface area is 86.4 Å². The van der Waals surface area contributed by atoms with Crippen LogP contribution in [0, 0.1) is 0 Å². The average Bonchev–Trinajstić information content (AvgIpc) is 2.59. The van der Waals surface area contributed by atoms with Crippen LogP contribution in [-0.2, 0) is 9.53 Å². The van der Waals surface area contributed by atoms with Crippen LogP contribution in [0.2, 0.25) is 0 Å². The van der Waals surface area contributed by atoms with Crippen molar-refractivity contribution in [2.24, 2.45) is 0 Å². The number of hydrogen-bond donors (Lipinski definition) is 2. The number of carbonyl (C=O) groups excluding carboxylic acids is 1. The Bertz CT molecular complexity index is 434. The molecule has 0 bridgehead atoms. The molecule has 0 aliphatic carbocycles. The zero-order chi connectivity index (χ0) is 10.8. The molecule has 2 N–H and O–H groups in total. The van der Waals surface area contributed by atoms with Crippen LogP contribution in [0.3, 0.4) is 0 Å². The van der Waals surface area contributed by atoms with Crippen molar-refractivity contribution in [3.05, 3.63) is 29.3 Å². The zero-order valence-electron chi connectivity index (χ0n) is 7.93. The third kappa shape index (κ3) is 1.93. The van der Waals surface area contributed by atoms with E-state index in [1.807, 2.05) is 0 Å². The Morgan fingerprint density at radius 1 is 1.27 bits per heavy atom. The number of aromatic hydroxyl groups is 2. The Morgan fingerprint density at radius 3 is 2.67 bits per heavy atom. The summed E-state index contributed by atoms with van der Waals surface area (Å²) < 4.78 is 4.77. The Kier molecular flexibility index (Phi) is 2.33. The fourth-order valence-electron chi connectivity index (χ4n) is 1.41. The van der Waals surface area contributed by atoms with Crippen molar-refractivity contribution in [2.45, 2.75) is 6.42 Å².